The number of amides is 1. The van der Waals surface area contributed by atoms with Crippen molar-refractivity contribution in [3.63, 3.8) is 0 Å². The monoisotopic (exact) mass is 460 g/mol. The van der Waals surface area contributed by atoms with Crippen molar-refractivity contribution >= 4 is 22.9 Å². The summed E-state index contributed by atoms with van der Waals surface area (Å²) in [5.74, 6) is 0.289. The standard InChI is InChI=1S/C29H24N4O2/c1-21(35-27-17-16-22-10-8-9-13-24(22)18-27)29(34)31-30-19-25-20-33(26-14-6-3-7-15-26)32-28(25)23-11-4-2-5-12-23/h2-21H,1H3,(H,31,34)/b30-19-/t21-/m0/s1. The van der Waals surface area contributed by atoms with Gasteiger partial charge in [0, 0.05) is 17.3 Å². The number of benzene rings is 4. The number of nitrogens with one attached hydrogen (secondary N) is 1. The Morgan fingerprint density at radius 1 is 0.914 bits per heavy atom. The fourth-order valence-electron chi connectivity index (χ4n) is 3.77. The van der Waals surface area contributed by atoms with Gasteiger partial charge in [-0.25, -0.2) is 10.1 Å². The van der Waals surface area contributed by atoms with Crippen molar-refractivity contribution in [1.29, 1.82) is 0 Å². The lowest BCUT2D eigenvalue weighted by Crippen LogP contribution is -2.33. The molecule has 172 valence electrons. The van der Waals surface area contributed by atoms with Gasteiger partial charge >= 0.3 is 0 Å². The predicted molar refractivity (Wildman–Crippen MR) is 139 cm³/mol. The number of para-hydroxylation sites is 1. The van der Waals surface area contributed by atoms with E-state index in [2.05, 4.69) is 10.5 Å². The summed E-state index contributed by atoms with van der Waals surface area (Å²) in [6.45, 7) is 1.70. The summed E-state index contributed by atoms with van der Waals surface area (Å²) in [4.78, 5) is 12.6. The van der Waals surface area contributed by atoms with Crippen molar-refractivity contribution in [2.45, 2.75) is 13.0 Å². The number of ether oxygens (including phenoxy) is 1. The lowest BCUT2D eigenvalue weighted by molar-refractivity contribution is -0.127. The van der Waals surface area contributed by atoms with Crippen LogP contribution >= 0.6 is 0 Å². The molecular formula is C29H24N4O2. The van der Waals surface area contributed by atoms with Crippen LogP contribution < -0.4 is 10.2 Å². The average Bonchev–Trinajstić information content (AvgIpc) is 3.34. The number of carbonyl (C=O) groups excluding carboxylic acids is 1. The number of nitrogens with zero attached hydrogens (tertiary/aromatic N) is 3. The molecule has 1 aromatic heterocycles. The maximum absolute atomic E-state index is 12.6. The zero-order valence-corrected chi connectivity index (χ0v) is 19.2. The van der Waals surface area contributed by atoms with Crippen molar-refractivity contribution in [3.05, 3.63) is 115 Å². The number of hydrazone groups is 1. The van der Waals surface area contributed by atoms with Crippen LogP contribution in [0.15, 0.2) is 114 Å². The van der Waals surface area contributed by atoms with E-state index >= 15 is 0 Å². The third-order valence-corrected chi connectivity index (χ3v) is 5.59. The summed E-state index contributed by atoms with van der Waals surface area (Å²) in [7, 11) is 0. The molecule has 0 saturated heterocycles. The van der Waals surface area contributed by atoms with Crippen LogP contribution in [0.3, 0.4) is 0 Å². The molecule has 4 aromatic carbocycles. The zero-order chi connectivity index (χ0) is 24.0. The molecule has 0 aliphatic rings. The van der Waals surface area contributed by atoms with Gasteiger partial charge in [-0.15, -0.1) is 0 Å². The Labute approximate surface area is 203 Å². The SMILES string of the molecule is C[C@H](Oc1ccc2ccccc2c1)C(=O)N/N=C\c1cn(-c2ccccc2)nc1-c1ccccc1. The molecule has 0 spiro atoms. The highest BCUT2D eigenvalue weighted by molar-refractivity contribution is 5.90. The first kappa shape index (κ1) is 22.1. The first-order chi connectivity index (χ1) is 17.2. The predicted octanol–water partition coefficient (Wildman–Crippen LogP) is 5.61. The van der Waals surface area contributed by atoms with Crippen LogP contribution in [0.25, 0.3) is 27.7 Å². The third-order valence-electron chi connectivity index (χ3n) is 5.59. The summed E-state index contributed by atoms with van der Waals surface area (Å²) in [5, 5.41) is 11.1. The second-order valence-electron chi connectivity index (χ2n) is 8.08. The van der Waals surface area contributed by atoms with Crippen LogP contribution in [-0.4, -0.2) is 28.0 Å². The van der Waals surface area contributed by atoms with E-state index in [1.165, 1.54) is 0 Å². The summed E-state index contributed by atoms with van der Waals surface area (Å²) in [5.41, 5.74) is 6.03. The molecule has 0 fully saturated rings. The molecule has 35 heavy (non-hydrogen) atoms. The lowest BCUT2D eigenvalue weighted by Gasteiger charge is -2.13. The second kappa shape index (κ2) is 10.1. The fraction of sp³-hybridized carbons (Fsp3) is 0.0690. The van der Waals surface area contributed by atoms with Gasteiger partial charge in [0.15, 0.2) is 6.10 Å². The molecule has 5 rings (SSSR count). The van der Waals surface area contributed by atoms with Crippen LogP contribution in [0.4, 0.5) is 0 Å². The average molecular weight is 461 g/mol. The lowest BCUT2D eigenvalue weighted by atomic mass is 10.1. The van der Waals surface area contributed by atoms with E-state index in [-0.39, 0.29) is 5.91 Å². The fourth-order valence-corrected chi connectivity index (χ4v) is 3.77. The Morgan fingerprint density at radius 2 is 1.60 bits per heavy atom. The maximum atomic E-state index is 12.6. The number of hydrogen-bond acceptors (Lipinski definition) is 4. The maximum Gasteiger partial charge on any atom is 0.280 e. The van der Waals surface area contributed by atoms with E-state index in [1.54, 1.807) is 17.8 Å². The largest absolute Gasteiger partial charge is 0.481 e. The first-order valence-corrected chi connectivity index (χ1v) is 11.4. The van der Waals surface area contributed by atoms with Crippen LogP contribution in [0.1, 0.15) is 12.5 Å². The highest BCUT2D eigenvalue weighted by atomic mass is 16.5. The normalized spacial score (nSPS) is 12.0. The Balaban J connectivity index is 1.31. The van der Waals surface area contributed by atoms with Crippen LogP contribution in [0, 0.1) is 0 Å². The molecule has 0 saturated carbocycles. The number of aromatic nitrogens is 2. The number of rotatable bonds is 7. The molecule has 0 radical (unpaired) electrons. The van der Waals surface area contributed by atoms with Gasteiger partial charge in [-0.1, -0.05) is 78.9 Å². The van der Waals surface area contributed by atoms with E-state index in [0.717, 1.165) is 33.3 Å². The Bertz CT molecular complexity index is 1480. The summed E-state index contributed by atoms with van der Waals surface area (Å²) < 4.78 is 7.64. The van der Waals surface area contributed by atoms with Crippen molar-refractivity contribution in [2.75, 3.05) is 0 Å². The van der Waals surface area contributed by atoms with Gasteiger partial charge in [0.1, 0.15) is 11.4 Å². The minimum atomic E-state index is -0.714. The van der Waals surface area contributed by atoms with Crippen LogP contribution in [0.5, 0.6) is 5.75 Å². The summed E-state index contributed by atoms with van der Waals surface area (Å²) in [6, 6.07) is 33.5. The van der Waals surface area contributed by atoms with Gasteiger partial charge in [-0.2, -0.15) is 10.2 Å². The molecule has 0 unspecified atom stereocenters. The number of fused-ring (bicyclic) bond motifs is 1. The Morgan fingerprint density at radius 3 is 2.37 bits per heavy atom. The van der Waals surface area contributed by atoms with Crippen molar-refractivity contribution in [3.8, 4) is 22.7 Å². The van der Waals surface area contributed by atoms with E-state index in [4.69, 9.17) is 9.84 Å². The molecular weight excluding hydrogens is 436 g/mol. The smallest absolute Gasteiger partial charge is 0.280 e. The highest BCUT2D eigenvalue weighted by Gasteiger charge is 2.15. The summed E-state index contributed by atoms with van der Waals surface area (Å²) >= 11 is 0. The summed E-state index contributed by atoms with van der Waals surface area (Å²) in [6.07, 6.45) is 2.78. The molecule has 1 heterocycles. The topological polar surface area (TPSA) is 68.5 Å². The minimum Gasteiger partial charge on any atom is -0.481 e. The number of carbonyl (C=O) groups is 1. The van der Waals surface area contributed by atoms with E-state index in [0.29, 0.717) is 5.75 Å². The molecule has 5 aromatic rings. The van der Waals surface area contributed by atoms with Crippen LogP contribution in [0.2, 0.25) is 0 Å². The minimum absolute atomic E-state index is 0.342. The van der Waals surface area contributed by atoms with Crippen molar-refractivity contribution in [2.24, 2.45) is 5.10 Å². The van der Waals surface area contributed by atoms with E-state index < -0.39 is 6.10 Å². The molecule has 6 nitrogen and oxygen atoms in total. The van der Waals surface area contributed by atoms with Gasteiger partial charge < -0.3 is 4.74 Å². The van der Waals surface area contributed by atoms with Crippen LogP contribution in [-0.2, 0) is 4.79 Å². The van der Waals surface area contributed by atoms with Crippen molar-refractivity contribution < 1.29 is 9.53 Å². The molecule has 6 heteroatoms. The highest BCUT2D eigenvalue weighted by Crippen LogP contribution is 2.23. The molecule has 1 amide bonds. The molecule has 0 bridgehead atoms. The quantitative estimate of drug-likeness (QED) is 0.254. The Hall–Kier alpha value is -4.71. The van der Waals surface area contributed by atoms with Gasteiger partial charge in [-0.05, 0) is 42.0 Å². The van der Waals surface area contributed by atoms with Gasteiger partial charge in [0.2, 0.25) is 0 Å². The second-order valence-corrected chi connectivity index (χ2v) is 8.08. The van der Waals surface area contributed by atoms with Crippen molar-refractivity contribution in [1.82, 2.24) is 15.2 Å². The first-order valence-electron chi connectivity index (χ1n) is 11.4. The van der Waals surface area contributed by atoms with E-state index in [1.807, 2.05) is 109 Å². The third kappa shape index (κ3) is 5.12. The number of hydrogen-bond donors (Lipinski definition) is 1. The van der Waals surface area contributed by atoms with Gasteiger partial charge in [0.25, 0.3) is 5.91 Å². The van der Waals surface area contributed by atoms with E-state index in [9.17, 15) is 4.79 Å². The van der Waals surface area contributed by atoms with Gasteiger partial charge in [0.05, 0.1) is 11.9 Å². The van der Waals surface area contributed by atoms with Gasteiger partial charge in [-0.3, -0.25) is 4.79 Å². The molecule has 0 aliphatic carbocycles. The zero-order valence-electron chi connectivity index (χ0n) is 19.2. The molecule has 0 aliphatic heterocycles. The molecule has 1 N–H and O–H groups in total. The molecule has 1 atom stereocenters. The Kier molecular flexibility index (Phi) is 6.35.